The summed E-state index contributed by atoms with van der Waals surface area (Å²) in [6, 6.07) is 13.0. The van der Waals surface area contributed by atoms with Crippen molar-refractivity contribution in [3.8, 4) is 6.07 Å². The molecule has 0 spiro atoms. The number of hydrogen-bond acceptors (Lipinski definition) is 3. The first-order valence-corrected chi connectivity index (χ1v) is 8.58. The molecule has 1 fully saturated rings. The summed E-state index contributed by atoms with van der Waals surface area (Å²) in [7, 11) is 0. The van der Waals surface area contributed by atoms with Crippen molar-refractivity contribution < 1.29 is 14.7 Å². The molecule has 2 aromatic rings. The van der Waals surface area contributed by atoms with Crippen LogP contribution in [0.1, 0.15) is 5.56 Å². The standard InChI is InChI=1S/C18H18ClN5O/c19-16-11-15(5-4-14(16)12-20)22-18(25)13-23-7-9-24(10-8-23)17-3-1-2-6-21-17/h1-6,11H,7-10,13H2,(H,22,25)/p+2. The average Bonchev–Trinajstić information content (AvgIpc) is 2.63. The number of piperazine rings is 1. The molecule has 128 valence electrons. The molecule has 1 aliphatic rings. The predicted molar refractivity (Wildman–Crippen MR) is 95.6 cm³/mol. The smallest absolute Gasteiger partial charge is 0.279 e. The maximum atomic E-state index is 12.2. The van der Waals surface area contributed by atoms with E-state index in [9.17, 15) is 4.79 Å². The van der Waals surface area contributed by atoms with E-state index >= 15 is 0 Å². The normalized spacial score (nSPS) is 14.8. The first kappa shape index (κ1) is 17.2. The van der Waals surface area contributed by atoms with Crippen molar-refractivity contribution >= 4 is 29.0 Å². The molecule has 0 radical (unpaired) electrons. The number of anilines is 2. The lowest BCUT2D eigenvalue weighted by molar-refractivity contribution is -0.892. The Morgan fingerprint density at radius 2 is 2.12 bits per heavy atom. The van der Waals surface area contributed by atoms with Gasteiger partial charge in [0.1, 0.15) is 32.2 Å². The molecule has 0 bridgehead atoms. The van der Waals surface area contributed by atoms with Crippen molar-refractivity contribution in [2.24, 2.45) is 0 Å². The van der Waals surface area contributed by atoms with Crippen LogP contribution in [-0.4, -0.2) is 38.6 Å². The zero-order valence-electron chi connectivity index (χ0n) is 13.8. The largest absolute Gasteiger partial charge is 0.321 e. The van der Waals surface area contributed by atoms with Gasteiger partial charge in [-0.1, -0.05) is 17.7 Å². The van der Waals surface area contributed by atoms with Crippen LogP contribution in [0.15, 0.2) is 42.6 Å². The first-order chi connectivity index (χ1) is 12.2. The summed E-state index contributed by atoms with van der Waals surface area (Å²) in [5, 5.41) is 12.1. The number of nitrogens with zero attached hydrogens (tertiary/aromatic N) is 2. The fraction of sp³-hybridized carbons (Fsp3) is 0.278. The molecule has 3 rings (SSSR count). The van der Waals surface area contributed by atoms with E-state index in [-0.39, 0.29) is 5.91 Å². The third-order valence-electron chi connectivity index (χ3n) is 4.29. The summed E-state index contributed by atoms with van der Waals surface area (Å²) in [6.07, 6.45) is 1.92. The fourth-order valence-corrected chi connectivity index (χ4v) is 3.16. The summed E-state index contributed by atoms with van der Waals surface area (Å²) in [5.74, 6) is 1.06. The number of benzene rings is 1. The van der Waals surface area contributed by atoms with Crippen molar-refractivity contribution in [1.82, 2.24) is 0 Å². The van der Waals surface area contributed by atoms with Crippen LogP contribution in [0.2, 0.25) is 5.02 Å². The van der Waals surface area contributed by atoms with Gasteiger partial charge in [0, 0.05) is 11.8 Å². The number of quaternary nitrogens is 1. The van der Waals surface area contributed by atoms with E-state index in [0.29, 0.717) is 22.8 Å². The Kier molecular flexibility index (Phi) is 5.49. The van der Waals surface area contributed by atoms with Crippen LogP contribution in [0.5, 0.6) is 0 Å². The van der Waals surface area contributed by atoms with E-state index < -0.39 is 0 Å². The third kappa shape index (κ3) is 4.47. The van der Waals surface area contributed by atoms with Crippen LogP contribution in [0, 0.1) is 11.3 Å². The molecule has 1 amide bonds. The van der Waals surface area contributed by atoms with Gasteiger partial charge >= 0.3 is 0 Å². The zero-order valence-corrected chi connectivity index (χ0v) is 14.5. The second kappa shape index (κ2) is 7.97. The highest BCUT2D eigenvalue weighted by molar-refractivity contribution is 6.32. The van der Waals surface area contributed by atoms with Gasteiger partial charge in [0.05, 0.1) is 16.8 Å². The molecule has 25 heavy (non-hydrogen) atoms. The summed E-state index contributed by atoms with van der Waals surface area (Å²) in [5.41, 5.74) is 1.02. The van der Waals surface area contributed by atoms with E-state index in [1.165, 1.54) is 4.90 Å². The number of carbonyl (C=O) groups excluding carboxylic acids is 1. The van der Waals surface area contributed by atoms with E-state index in [1.807, 2.05) is 24.4 Å². The van der Waals surface area contributed by atoms with Crippen molar-refractivity contribution in [2.75, 3.05) is 42.9 Å². The highest BCUT2D eigenvalue weighted by Gasteiger charge is 2.27. The number of halogens is 1. The molecule has 1 saturated heterocycles. The van der Waals surface area contributed by atoms with Crippen molar-refractivity contribution in [2.45, 2.75) is 0 Å². The van der Waals surface area contributed by atoms with E-state index in [2.05, 4.69) is 21.3 Å². The Morgan fingerprint density at radius 1 is 1.32 bits per heavy atom. The van der Waals surface area contributed by atoms with Crippen LogP contribution >= 0.6 is 11.6 Å². The minimum absolute atomic E-state index is 0.0458. The first-order valence-electron chi connectivity index (χ1n) is 8.20. The Hall–Kier alpha value is -2.62. The van der Waals surface area contributed by atoms with Crippen molar-refractivity contribution in [3.63, 3.8) is 0 Å². The molecule has 2 heterocycles. The number of hydrogen-bond donors (Lipinski definition) is 2. The molecular weight excluding hydrogens is 338 g/mol. The maximum Gasteiger partial charge on any atom is 0.279 e. The molecule has 1 aromatic heterocycles. The molecule has 3 N–H and O–H groups in total. The number of amides is 1. The quantitative estimate of drug-likeness (QED) is 0.830. The Bertz CT molecular complexity index is 782. The fourth-order valence-electron chi connectivity index (χ4n) is 2.94. The highest BCUT2D eigenvalue weighted by atomic mass is 35.5. The monoisotopic (exact) mass is 357 g/mol. The molecule has 0 atom stereocenters. The van der Waals surface area contributed by atoms with Gasteiger partial charge in [-0.25, -0.2) is 4.98 Å². The summed E-state index contributed by atoms with van der Waals surface area (Å²) < 4.78 is 0. The SMILES string of the molecule is N#Cc1ccc(NC(=O)C[NH+]2CCN(c3cccc[nH+]3)CC2)cc1Cl. The van der Waals surface area contributed by atoms with Crippen LogP contribution in [0.4, 0.5) is 11.5 Å². The second-order valence-corrected chi connectivity index (χ2v) is 6.42. The lowest BCUT2D eigenvalue weighted by Gasteiger charge is -2.27. The number of aromatic amines is 1. The molecule has 0 saturated carbocycles. The molecule has 1 aliphatic heterocycles. The molecule has 1 aromatic carbocycles. The van der Waals surface area contributed by atoms with E-state index in [1.54, 1.807) is 18.2 Å². The predicted octanol–water partition coefficient (Wildman–Crippen LogP) is 0.369. The Labute approximate surface area is 151 Å². The summed E-state index contributed by atoms with van der Waals surface area (Å²) in [6.45, 7) is 4.05. The second-order valence-electron chi connectivity index (χ2n) is 6.02. The molecular formula is C18H20ClN5O+2. The van der Waals surface area contributed by atoms with E-state index in [0.717, 1.165) is 32.0 Å². The van der Waals surface area contributed by atoms with Crippen LogP contribution < -0.4 is 20.1 Å². The van der Waals surface area contributed by atoms with Gasteiger partial charge in [-0.05, 0) is 24.3 Å². The van der Waals surface area contributed by atoms with Crippen molar-refractivity contribution in [1.29, 1.82) is 5.26 Å². The van der Waals surface area contributed by atoms with Crippen LogP contribution in [-0.2, 0) is 4.79 Å². The highest BCUT2D eigenvalue weighted by Crippen LogP contribution is 2.19. The van der Waals surface area contributed by atoms with Gasteiger partial charge in [-0.15, -0.1) is 0 Å². The minimum Gasteiger partial charge on any atom is -0.321 e. The summed E-state index contributed by atoms with van der Waals surface area (Å²) >= 11 is 5.99. The van der Waals surface area contributed by atoms with Gasteiger partial charge in [-0.2, -0.15) is 5.26 Å². The Morgan fingerprint density at radius 3 is 2.76 bits per heavy atom. The van der Waals surface area contributed by atoms with E-state index in [4.69, 9.17) is 16.9 Å². The van der Waals surface area contributed by atoms with Gasteiger partial charge in [0.2, 0.25) is 0 Å². The van der Waals surface area contributed by atoms with Crippen molar-refractivity contribution in [3.05, 3.63) is 53.2 Å². The third-order valence-corrected chi connectivity index (χ3v) is 4.60. The van der Waals surface area contributed by atoms with Gasteiger partial charge in [0.25, 0.3) is 11.7 Å². The number of nitriles is 1. The molecule has 6 nitrogen and oxygen atoms in total. The molecule has 7 heteroatoms. The zero-order chi connectivity index (χ0) is 17.6. The minimum atomic E-state index is -0.0458. The van der Waals surface area contributed by atoms with Gasteiger partial charge < -0.3 is 10.2 Å². The molecule has 0 unspecified atom stereocenters. The molecule has 0 aliphatic carbocycles. The number of H-pyrrole nitrogens is 1. The number of nitrogens with one attached hydrogen (secondary N) is 3. The lowest BCUT2D eigenvalue weighted by atomic mass is 10.2. The topological polar surface area (TPSA) is 74.7 Å². The maximum absolute atomic E-state index is 12.2. The average molecular weight is 358 g/mol. The number of carbonyl (C=O) groups is 1. The van der Waals surface area contributed by atoms with Crippen LogP contribution in [0.25, 0.3) is 0 Å². The number of rotatable bonds is 4. The lowest BCUT2D eigenvalue weighted by Crippen LogP contribution is -3.15. The number of aromatic nitrogens is 1. The Balaban J connectivity index is 1.50. The summed E-state index contributed by atoms with van der Waals surface area (Å²) in [4.78, 5) is 19.0. The van der Waals surface area contributed by atoms with Crippen LogP contribution in [0.3, 0.4) is 0 Å². The van der Waals surface area contributed by atoms with Gasteiger partial charge in [-0.3, -0.25) is 9.69 Å². The number of pyridine rings is 1. The van der Waals surface area contributed by atoms with Gasteiger partial charge in [0.15, 0.2) is 6.54 Å².